The average Bonchev–Trinajstić information content (AvgIpc) is 1.55. The molecule has 420 valence electrons. The maximum Gasteiger partial charge on any atom is 0.241 e. The zero-order valence-corrected chi connectivity index (χ0v) is 50.1. The molecule has 0 radical (unpaired) electrons. The Balaban J connectivity index is 0.733. The molecule has 0 bridgehead atoms. The molecule has 15 aromatic carbocycles. The first-order valence-corrected chi connectivity index (χ1v) is 31.4. The van der Waals surface area contributed by atoms with Crippen molar-refractivity contribution in [2.24, 2.45) is 0 Å². The van der Waals surface area contributed by atoms with Crippen molar-refractivity contribution >= 4 is 153 Å². The number of hydrogen-bond acceptors (Lipinski definition) is 0. The Bertz CT molecular complexity index is 5880. The summed E-state index contributed by atoms with van der Waals surface area (Å²) < 4.78 is 9.87. The summed E-state index contributed by atoms with van der Waals surface area (Å²) >= 11 is 0. The Morgan fingerprint density at radius 2 is 0.589 bits per heavy atom. The minimum atomic E-state index is 0.00972. The molecule has 5 heteroatoms. The Kier molecular flexibility index (Phi) is 10.9. The van der Waals surface area contributed by atoms with E-state index in [0.29, 0.717) is 0 Å². The number of fused-ring (bicyclic) bond motifs is 18. The highest BCUT2D eigenvalue weighted by Gasteiger charge is 2.28. The molecule has 90 heavy (non-hydrogen) atoms. The van der Waals surface area contributed by atoms with Crippen LogP contribution in [0.1, 0.15) is 16.7 Å². The highest BCUT2D eigenvalue weighted by molar-refractivity contribution is 6.96. The molecule has 0 saturated carbocycles. The van der Waals surface area contributed by atoms with E-state index < -0.39 is 0 Å². The van der Waals surface area contributed by atoms with Crippen LogP contribution >= 0.6 is 0 Å². The van der Waals surface area contributed by atoms with E-state index in [0.717, 1.165) is 22.7 Å². The van der Waals surface area contributed by atoms with Gasteiger partial charge in [0.25, 0.3) is 0 Å². The summed E-state index contributed by atoms with van der Waals surface area (Å²) in [6.45, 7) is 6.83. The van der Waals surface area contributed by atoms with Crippen molar-refractivity contribution in [3.05, 3.63) is 308 Å². The second-order valence-electron chi connectivity index (χ2n) is 25.0. The number of rotatable bonds is 7. The van der Waals surface area contributed by atoms with Crippen molar-refractivity contribution in [3.8, 4) is 22.7 Å². The van der Waals surface area contributed by atoms with Crippen molar-refractivity contribution in [1.82, 2.24) is 18.3 Å². The third-order valence-corrected chi connectivity index (χ3v) is 19.8. The largest absolute Gasteiger partial charge is 0.309 e. The lowest BCUT2D eigenvalue weighted by Gasteiger charge is -2.22. The van der Waals surface area contributed by atoms with Gasteiger partial charge in [-0.25, -0.2) is 0 Å². The van der Waals surface area contributed by atoms with E-state index in [9.17, 15) is 0 Å². The SMILES string of the molecule is Cc1cc(C)c(B(c2ccc3cc4cc(-n5c6ccccc6c6ccc7c(c8ccccc8n7-c7ccccc7)c65)ccc4cc3c2)c2ccc3cc4cc(-n5c6ccccc6c6ccc7c(c8ccccc8n7-c7ccccc7)c65)ccc4cc3c2)c(C)c1. The average molecular weight is 1150 g/mol. The lowest BCUT2D eigenvalue weighted by atomic mass is 9.35. The molecule has 4 aromatic heterocycles. The van der Waals surface area contributed by atoms with Crippen molar-refractivity contribution in [2.45, 2.75) is 20.8 Å². The zero-order valence-electron chi connectivity index (χ0n) is 50.1. The molecule has 19 rings (SSSR count). The van der Waals surface area contributed by atoms with E-state index in [1.54, 1.807) is 0 Å². The van der Waals surface area contributed by atoms with Gasteiger partial charge in [-0.2, -0.15) is 0 Å². The minimum absolute atomic E-state index is 0.00972. The molecule has 4 heterocycles. The normalized spacial score (nSPS) is 12.2. The number of aromatic nitrogens is 4. The van der Waals surface area contributed by atoms with Crippen LogP contribution in [0, 0.1) is 20.8 Å². The zero-order chi connectivity index (χ0) is 59.5. The second kappa shape index (κ2) is 19.3. The van der Waals surface area contributed by atoms with Gasteiger partial charge in [-0.05, 0) is 173 Å². The van der Waals surface area contributed by atoms with Gasteiger partial charge < -0.3 is 18.3 Å². The van der Waals surface area contributed by atoms with E-state index in [-0.39, 0.29) is 6.71 Å². The molecule has 0 atom stereocenters. The van der Waals surface area contributed by atoms with Crippen LogP contribution < -0.4 is 16.4 Å². The molecular formula is C85H57BN4. The van der Waals surface area contributed by atoms with E-state index in [1.807, 2.05) is 0 Å². The third-order valence-electron chi connectivity index (χ3n) is 19.8. The summed E-state index contributed by atoms with van der Waals surface area (Å²) in [5, 5.41) is 19.8. The highest BCUT2D eigenvalue weighted by atomic mass is 15.0. The molecule has 0 fully saturated rings. The van der Waals surface area contributed by atoms with Gasteiger partial charge in [-0.3, -0.25) is 0 Å². The van der Waals surface area contributed by atoms with Gasteiger partial charge in [-0.1, -0.05) is 215 Å². The van der Waals surface area contributed by atoms with Crippen molar-refractivity contribution in [1.29, 1.82) is 0 Å². The van der Waals surface area contributed by atoms with Crippen LogP contribution in [-0.2, 0) is 0 Å². The lowest BCUT2D eigenvalue weighted by Crippen LogP contribution is -2.54. The fourth-order valence-corrected chi connectivity index (χ4v) is 16.1. The first-order chi connectivity index (χ1) is 44.4. The van der Waals surface area contributed by atoms with Gasteiger partial charge in [-0.15, -0.1) is 0 Å². The van der Waals surface area contributed by atoms with Crippen LogP contribution in [-0.4, -0.2) is 25.0 Å². The number of aryl methyl sites for hydroxylation is 3. The van der Waals surface area contributed by atoms with Gasteiger partial charge in [0.2, 0.25) is 6.71 Å². The molecule has 0 aliphatic heterocycles. The monoisotopic (exact) mass is 1140 g/mol. The van der Waals surface area contributed by atoms with Crippen LogP contribution in [0.3, 0.4) is 0 Å². The van der Waals surface area contributed by atoms with Gasteiger partial charge in [0.05, 0.1) is 44.1 Å². The molecule has 0 unspecified atom stereocenters. The van der Waals surface area contributed by atoms with Gasteiger partial charge in [0.15, 0.2) is 0 Å². The van der Waals surface area contributed by atoms with E-state index >= 15 is 0 Å². The molecule has 0 aliphatic rings. The lowest BCUT2D eigenvalue weighted by molar-refractivity contribution is 1.18. The molecule has 4 nitrogen and oxygen atoms in total. The fourth-order valence-electron chi connectivity index (χ4n) is 16.1. The van der Waals surface area contributed by atoms with Crippen LogP contribution in [0.4, 0.5) is 0 Å². The Labute approximate surface area is 520 Å². The van der Waals surface area contributed by atoms with Crippen molar-refractivity contribution in [2.75, 3.05) is 0 Å². The van der Waals surface area contributed by atoms with Crippen molar-refractivity contribution < 1.29 is 0 Å². The first-order valence-electron chi connectivity index (χ1n) is 31.4. The number of para-hydroxylation sites is 6. The van der Waals surface area contributed by atoms with Crippen LogP contribution in [0.25, 0.3) is 153 Å². The van der Waals surface area contributed by atoms with E-state index in [4.69, 9.17) is 0 Å². The maximum atomic E-state index is 2.51. The molecule has 0 N–H and O–H groups in total. The number of hydrogen-bond donors (Lipinski definition) is 0. The number of nitrogens with zero attached hydrogens (tertiary/aromatic N) is 4. The summed E-state index contributed by atoms with van der Waals surface area (Å²) in [7, 11) is 0. The Hall–Kier alpha value is -11.4. The predicted molar refractivity (Wildman–Crippen MR) is 386 cm³/mol. The standard InChI is InChI=1S/C85H57BN4/c1-52-42-53(2)83(54(3)43-52)86(63-34-30-55-46-61-50-67(36-32-57(61)44-59(55)48-63)89-75-26-14-10-22-69(75)71-38-40-79-81(84(71)89)73-24-12-16-28-77(73)87(79)65-18-6-4-7-19-65)64-35-31-56-47-62-51-68(37-33-58(62)45-60(56)49-64)90-76-27-15-11-23-70(76)72-39-41-80-82(85(72)90)74-25-13-17-29-78(74)88(80)66-20-8-5-9-21-66/h4-51H,1-3H3. The molecule has 0 aliphatic carbocycles. The van der Waals surface area contributed by atoms with E-state index in [2.05, 4.69) is 330 Å². The Morgan fingerprint density at radius 1 is 0.233 bits per heavy atom. The fraction of sp³-hybridized carbons (Fsp3) is 0.0353. The summed E-state index contributed by atoms with van der Waals surface area (Å²) in [6.07, 6.45) is 0. The molecule has 0 spiro atoms. The first kappa shape index (κ1) is 50.7. The topological polar surface area (TPSA) is 19.7 Å². The minimum Gasteiger partial charge on any atom is -0.309 e. The molecular weight excluding hydrogens is 1090 g/mol. The summed E-state index contributed by atoms with van der Waals surface area (Å²) in [5.74, 6) is 0. The van der Waals surface area contributed by atoms with Gasteiger partial charge in [0.1, 0.15) is 0 Å². The Morgan fingerprint density at radius 3 is 1.01 bits per heavy atom. The van der Waals surface area contributed by atoms with Crippen LogP contribution in [0.2, 0.25) is 0 Å². The quantitative estimate of drug-likeness (QED) is 0.112. The maximum absolute atomic E-state index is 2.51. The van der Waals surface area contributed by atoms with E-state index in [1.165, 1.54) is 163 Å². The van der Waals surface area contributed by atoms with Crippen LogP contribution in [0.5, 0.6) is 0 Å². The molecule has 19 aromatic rings. The van der Waals surface area contributed by atoms with Gasteiger partial charge in [0, 0.05) is 65.8 Å². The van der Waals surface area contributed by atoms with Crippen molar-refractivity contribution in [3.63, 3.8) is 0 Å². The molecule has 0 amide bonds. The summed E-state index contributed by atoms with van der Waals surface area (Å²) in [4.78, 5) is 0. The number of benzene rings is 15. The smallest absolute Gasteiger partial charge is 0.241 e. The predicted octanol–water partition coefficient (Wildman–Crippen LogP) is 20.1. The summed E-state index contributed by atoms with van der Waals surface area (Å²) in [5.41, 5.74) is 22.1. The highest BCUT2D eigenvalue weighted by Crippen LogP contribution is 2.45. The summed E-state index contributed by atoms with van der Waals surface area (Å²) in [6, 6.07) is 109. The second-order valence-corrected chi connectivity index (χ2v) is 25.0. The molecule has 0 saturated heterocycles. The third kappa shape index (κ3) is 7.44. The van der Waals surface area contributed by atoms with Crippen LogP contribution in [0.15, 0.2) is 291 Å². The van der Waals surface area contributed by atoms with Gasteiger partial charge >= 0.3 is 0 Å².